The molecule has 2 heteroatoms. The fraction of sp³-hybridized carbons (Fsp3) is 0. The van der Waals surface area contributed by atoms with Crippen LogP contribution in [0.25, 0.3) is 98.8 Å². The lowest BCUT2D eigenvalue weighted by Gasteiger charge is -2.13. The molecule has 0 saturated carbocycles. The van der Waals surface area contributed by atoms with E-state index in [2.05, 4.69) is 167 Å². The summed E-state index contributed by atoms with van der Waals surface area (Å²) in [6.45, 7) is 0. The first-order valence-electron chi connectivity index (χ1n) is 16.0. The molecule has 11 rings (SSSR count). The van der Waals surface area contributed by atoms with Gasteiger partial charge in [0, 0.05) is 38.3 Å². The number of para-hydroxylation sites is 1. The molecule has 0 atom stereocenters. The minimum absolute atomic E-state index is 1.18. The average Bonchev–Trinajstić information content (AvgIpc) is 3.60. The molecule has 0 unspecified atom stereocenters. The fourth-order valence-electron chi connectivity index (χ4n) is 8.36. The van der Waals surface area contributed by atoms with Gasteiger partial charge in [0.05, 0.1) is 22.1 Å². The van der Waals surface area contributed by atoms with Crippen molar-refractivity contribution in [2.24, 2.45) is 0 Å². The molecule has 10 aromatic rings. The number of aromatic nitrogens is 2. The molecule has 1 aliphatic rings. The third kappa shape index (κ3) is 3.01. The molecule has 0 aliphatic heterocycles. The minimum atomic E-state index is 1.18. The number of hydrogen-bond acceptors (Lipinski definition) is 0. The molecule has 0 bridgehead atoms. The average molecular weight is 583 g/mol. The third-order valence-electron chi connectivity index (χ3n) is 10.2. The molecule has 0 spiro atoms. The quantitative estimate of drug-likeness (QED) is 0.196. The van der Waals surface area contributed by atoms with Gasteiger partial charge in [-0.2, -0.15) is 0 Å². The van der Waals surface area contributed by atoms with E-state index in [0.29, 0.717) is 0 Å². The van der Waals surface area contributed by atoms with E-state index in [-0.39, 0.29) is 0 Å². The highest BCUT2D eigenvalue weighted by molar-refractivity contribution is 6.38. The Hall–Kier alpha value is -6.12. The highest BCUT2D eigenvalue weighted by Crippen LogP contribution is 2.51. The second-order valence-electron chi connectivity index (χ2n) is 12.5. The van der Waals surface area contributed by atoms with Crippen LogP contribution in [0.5, 0.6) is 0 Å². The van der Waals surface area contributed by atoms with Crippen molar-refractivity contribution in [1.29, 1.82) is 0 Å². The zero-order valence-corrected chi connectivity index (χ0v) is 24.9. The molecule has 0 fully saturated rings. The Morgan fingerprint density at radius 3 is 1.52 bits per heavy atom. The van der Waals surface area contributed by atoms with E-state index in [0.717, 1.165) is 0 Å². The summed E-state index contributed by atoms with van der Waals surface area (Å²) < 4.78 is 4.94. The van der Waals surface area contributed by atoms with Crippen LogP contribution in [0.3, 0.4) is 0 Å². The third-order valence-corrected chi connectivity index (χ3v) is 10.2. The van der Waals surface area contributed by atoms with E-state index < -0.39 is 0 Å². The van der Waals surface area contributed by atoms with E-state index in [1.165, 1.54) is 98.8 Å². The predicted molar refractivity (Wildman–Crippen MR) is 195 cm³/mol. The molecule has 2 aromatic heterocycles. The zero-order valence-electron chi connectivity index (χ0n) is 24.9. The summed E-state index contributed by atoms with van der Waals surface area (Å²) in [6.07, 6.45) is 0. The van der Waals surface area contributed by atoms with Crippen molar-refractivity contribution in [3.8, 4) is 33.6 Å². The van der Waals surface area contributed by atoms with Crippen molar-refractivity contribution in [1.82, 2.24) is 9.13 Å². The van der Waals surface area contributed by atoms with E-state index in [4.69, 9.17) is 0 Å². The summed E-state index contributed by atoms with van der Waals surface area (Å²) in [6, 6.07) is 58.1. The lowest BCUT2D eigenvalue weighted by molar-refractivity contribution is 1.18. The Morgan fingerprint density at radius 2 is 0.848 bits per heavy atom. The van der Waals surface area contributed by atoms with Crippen LogP contribution in [0.2, 0.25) is 0 Å². The van der Waals surface area contributed by atoms with Crippen LogP contribution >= 0.6 is 0 Å². The van der Waals surface area contributed by atoms with E-state index in [1.807, 2.05) is 0 Å². The molecular formula is C44H26N2. The molecule has 0 saturated heterocycles. The number of fused-ring (bicyclic) bond motifs is 2. The van der Waals surface area contributed by atoms with Gasteiger partial charge in [-0.25, -0.2) is 0 Å². The van der Waals surface area contributed by atoms with E-state index in [9.17, 15) is 0 Å². The van der Waals surface area contributed by atoms with E-state index >= 15 is 0 Å². The van der Waals surface area contributed by atoms with Crippen molar-refractivity contribution in [2.75, 3.05) is 0 Å². The molecule has 0 radical (unpaired) electrons. The number of nitrogens with zero attached hydrogens (tertiary/aromatic N) is 2. The maximum absolute atomic E-state index is 2.49. The van der Waals surface area contributed by atoms with Gasteiger partial charge in [0.1, 0.15) is 0 Å². The topological polar surface area (TPSA) is 9.86 Å². The van der Waals surface area contributed by atoms with Gasteiger partial charge >= 0.3 is 0 Å². The summed E-state index contributed by atoms with van der Waals surface area (Å²) in [5, 5.41) is 10.5. The molecule has 0 N–H and O–H groups in total. The minimum Gasteiger partial charge on any atom is -0.309 e. The first-order chi connectivity index (χ1) is 22.8. The summed E-state index contributed by atoms with van der Waals surface area (Å²) in [4.78, 5) is 0. The molecule has 8 aromatic carbocycles. The van der Waals surface area contributed by atoms with E-state index in [1.54, 1.807) is 0 Å². The summed E-state index contributed by atoms with van der Waals surface area (Å²) in [5.74, 6) is 0. The molecule has 2 heterocycles. The lowest BCUT2D eigenvalue weighted by Crippen LogP contribution is -1.95. The predicted octanol–water partition coefficient (Wildman–Crippen LogP) is 11.8. The molecule has 1 aliphatic carbocycles. The Labute approximate surface area is 265 Å². The first kappa shape index (κ1) is 24.2. The van der Waals surface area contributed by atoms with Gasteiger partial charge in [0.25, 0.3) is 0 Å². The molecular weight excluding hydrogens is 556 g/mol. The van der Waals surface area contributed by atoms with Crippen LogP contribution in [-0.4, -0.2) is 9.13 Å². The second kappa shape index (κ2) is 8.74. The van der Waals surface area contributed by atoms with Crippen LogP contribution in [-0.2, 0) is 0 Å². The highest BCUT2D eigenvalue weighted by atomic mass is 15.0. The SMILES string of the molecule is c1ccc(-c2cccc3ccc(-n4c5cccc6c5c5c7c(ccc8c7c7c-6cccc7n8-c6ccccc6)ccc54)cc23)cc1. The smallest absolute Gasteiger partial charge is 0.0548 e. The van der Waals surface area contributed by atoms with Gasteiger partial charge in [0.2, 0.25) is 0 Å². The Bertz CT molecular complexity index is 2890. The Kier molecular flexibility index (Phi) is 4.61. The van der Waals surface area contributed by atoms with Crippen molar-refractivity contribution >= 4 is 65.2 Å². The standard InChI is InChI=1S/C44H26N2/c1-3-10-27(11-4-1)32-15-7-12-28-20-23-31(26-35(28)32)46-37-19-9-17-34-33-16-8-18-36-41(33)43-38(45(36)30-13-5-2-6-14-30)24-21-29-22-25-39(46)44(40(29)43)42(34)37/h1-26H. The van der Waals surface area contributed by atoms with Crippen molar-refractivity contribution < 1.29 is 0 Å². The van der Waals surface area contributed by atoms with Gasteiger partial charge in [-0.3, -0.25) is 0 Å². The Balaban J connectivity index is 1.32. The van der Waals surface area contributed by atoms with Gasteiger partial charge in [-0.05, 0) is 86.9 Å². The van der Waals surface area contributed by atoms with Gasteiger partial charge in [-0.1, -0.05) is 109 Å². The van der Waals surface area contributed by atoms with Gasteiger partial charge in [-0.15, -0.1) is 0 Å². The lowest BCUT2D eigenvalue weighted by atomic mass is 9.97. The maximum atomic E-state index is 2.49. The van der Waals surface area contributed by atoms with Crippen molar-refractivity contribution in [2.45, 2.75) is 0 Å². The largest absolute Gasteiger partial charge is 0.309 e. The van der Waals surface area contributed by atoms with Crippen LogP contribution in [0.15, 0.2) is 158 Å². The van der Waals surface area contributed by atoms with Crippen molar-refractivity contribution in [3.63, 3.8) is 0 Å². The second-order valence-corrected chi connectivity index (χ2v) is 12.5. The molecule has 2 nitrogen and oxygen atoms in total. The van der Waals surface area contributed by atoms with Crippen LogP contribution in [0.4, 0.5) is 0 Å². The monoisotopic (exact) mass is 582 g/mol. The van der Waals surface area contributed by atoms with Crippen LogP contribution in [0, 0.1) is 0 Å². The normalized spacial score (nSPS) is 12.3. The fourth-order valence-corrected chi connectivity index (χ4v) is 8.36. The van der Waals surface area contributed by atoms with Gasteiger partial charge in [0.15, 0.2) is 0 Å². The van der Waals surface area contributed by atoms with Crippen molar-refractivity contribution in [3.05, 3.63) is 158 Å². The number of rotatable bonds is 3. The maximum Gasteiger partial charge on any atom is 0.0548 e. The van der Waals surface area contributed by atoms with Crippen LogP contribution in [0.1, 0.15) is 0 Å². The molecule has 46 heavy (non-hydrogen) atoms. The summed E-state index contributed by atoms with van der Waals surface area (Å²) in [7, 11) is 0. The number of hydrogen-bond donors (Lipinski definition) is 0. The highest BCUT2D eigenvalue weighted by Gasteiger charge is 2.26. The van der Waals surface area contributed by atoms with Gasteiger partial charge < -0.3 is 9.13 Å². The first-order valence-corrected chi connectivity index (χ1v) is 16.0. The van der Waals surface area contributed by atoms with Crippen LogP contribution < -0.4 is 0 Å². The summed E-state index contributed by atoms with van der Waals surface area (Å²) in [5.41, 5.74) is 12.5. The number of benzene rings is 8. The summed E-state index contributed by atoms with van der Waals surface area (Å²) >= 11 is 0. The molecule has 212 valence electrons. The molecule has 0 amide bonds. The Morgan fingerprint density at radius 1 is 0.304 bits per heavy atom. The zero-order chi connectivity index (χ0) is 29.9.